The first-order chi connectivity index (χ1) is 6.98. The van der Waals surface area contributed by atoms with Crippen molar-refractivity contribution in [3.8, 4) is 0 Å². The molecule has 0 aliphatic rings. The zero-order valence-corrected chi connectivity index (χ0v) is 9.54. The van der Waals surface area contributed by atoms with Crippen LogP contribution in [0.4, 0.5) is 0 Å². The first-order valence-electron chi connectivity index (χ1n) is 4.63. The molecule has 1 heterocycles. The van der Waals surface area contributed by atoms with Gasteiger partial charge in [-0.25, -0.2) is 12.7 Å². The highest BCUT2D eigenvalue weighted by atomic mass is 32.2. The molecule has 84 valence electrons. The molecule has 0 aromatic carbocycles. The van der Waals surface area contributed by atoms with Gasteiger partial charge in [-0.05, 0) is 12.5 Å². The van der Waals surface area contributed by atoms with Gasteiger partial charge >= 0.3 is 0 Å². The number of rotatable bonds is 4. The zero-order valence-electron chi connectivity index (χ0n) is 8.73. The predicted molar refractivity (Wildman–Crippen MR) is 57.2 cm³/mol. The van der Waals surface area contributed by atoms with E-state index in [1.165, 1.54) is 29.7 Å². The van der Waals surface area contributed by atoms with Gasteiger partial charge in [0.05, 0.1) is 4.90 Å². The third kappa shape index (κ3) is 2.66. The van der Waals surface area contributed by atoms with Crippen LogP contribution in [0.2, 0.25) is 0 Å². The van der Waals surface area contributed by atoms with Gasteiger partial charge in [0.25, 0.3) is 0 Å². The lowest BCUT2D eigenvalue weighted by Crippen LogP contribution is -2.28. The van der Waals surface area contributed by atoms with Gasteiger partial charge in [0.1, 0.15) is 0 Å². The summed E-state index contributed by atoms with van der Waals surface area (Å²) in [5.74, 6) is 0. The van der Waals surface area contributed by atoms with Crippen molar-refractivity contribution in [1.29, 1.82) is 0 Å². The van der Waals surface area contributed by atoms with Crippen LogP contribution in [0.25, 0.3) is 0 Å². The molecule has 0 fully saturated rings. The summed E-state index contributed by atoms with van der Waals surface area (Å²) in [5, 5.41) is 0. The molecular weight excluding hydrogens is 216 g/mol. The minimum Gasteiger partial charge on any atom is -0.328 e. The Morgan fingerprint density at radius 2 is 2.07 bits per heavy atom. The maximum Gasteiger partial charge on any atom is 0.247 e. The summed E-state index contributed by atoms with van der Waals surface area (Å²) in [6.07, 6.45) is 1.96. The molecule has 6 heteroatoms. The molecule has 1 N–H and O–H groups in total. The molecule has 0 radical (unpaired) electrons. The first-order valence-corrected chi connectivity index (χ1v) is 6.07. The van der Waals surface area contributed by atoms with E-state index < -0.39 is 10.0 Å². The Kier molecular flexibility index (Phi) is 3.65. The average molecular weight is 230 g/mol. The van der Waals surface area contributed by atoms with Crippen molar-refractivity contribution >= 4 is 10.0 Å². The lowest BCUT2D eigenvalue weighted by Gasteiger charge is -2.15. The van der Waals surface area contributed by atoms with Crippen LogP contribution in [0.1, 0.15) is 13.3 Å². The van der Waals surface area contributed by atoms with E-state index in [0.29, 0.717) is 6.54 Å². The van der Waals surface area contributed by atoms with E-state index in [2.05, 4.69) is 4.98 Å². The highest BCUT2D eigenvalue weighted by Crippen LogP contribution is 2.11. The standard InChI is InChI=1S/C9H14N2O3S/c1-3-6-11(2)15(13,14)8-4-5-9(12)10-7-8/h4-5,7H,3,6H2,1-2H3,(H,10,12). The fourth-order valence-corrected chi connectivity index (χ4v) is 2.40. The monoisotopic (exact) mass is 230 g/mol. The van der Waals surface area contributed by atoms with E-state index in [4.69, 9.17) is 0 Å². The molecule has 0 saturated carbocycles. The van der Waals surface area contributed by atoms with Crippen LogP contribution >= 0.6 is 0 Å². The van der Waals surface area contributed by atoms with E-state index in [1.54, 1.807) is 0 Å². The van der Waals surface area contributed by atoms with Crippen molar-refractivity contribution in [2.75, 3.05) is 13.6 Å². The first kappa shape index (κ1) is 11.9. The van der Waals surface area contributed by atoms with Crippen LogP contribution in [0.5, 0.6) is 0 Å². The van der Waals surface area contributed by atoms with Crippen LogP contribution in [0.3, 0.4) is 0 Å². The van der Waals surface area contributed by atoms with Crippen LogP contribution in [-0.2, 0) is 10.0 Å². The lowest BCUT2D eigenvalue weighted by atomic mass is 10.5. The molecular formula is C9H14N2O3S. The molecule has 0 spiro atoms. The molecule has 1 rings (SSSR count). The number of hydrogen-bond acceptors (Lipinski definition) is 3. The van der Waals surface area contributed by atoms with Crippen LogP contribution in [0.15, 0.2) is 28.0 Å². The summed E-state index contributed by atoms with van der Waals surface area (Å²) < 4.78 is 24.9. The topological polar surface area (TPSA) is 70.2 Å². The second-order valence-electron chi connectivity index (χ2n) is 3.22. The molecule has 0 aliphatic heterocycles. The van der Waals surface area contributed by atoms with E-state index >= 15 is 0 Å². The Bertz CT molecular complexity index is 458. The molecule has 15 heavy (non-hydrogen) atoms. The molecule has 0 saturated heterocycles. The second kappa shape index (κ2) is 4.59. The Balaban J connectivity index is 3.06. The minimum absolute atomic E-state index is 0.109. The van der Waals surface area contributed by atoms with Crippen molar-refractivity contribution < 1.29 is 8.42 Å². The van der Waals surface area contributed by atoms with Crippen molar-refractivity contribution in [2.45, 2.75) is 18.2 Å². The SMILES string of the molecule is CCCN(C)S(=O)(=O)c1ccc(=O)[nH]c1. The maximum atomic E-state index is 11.8. The number of nitrogens with zero attached hydrogens (tertiary/aromatic N) is 1. The smallest absolute Gasteiger partial charge is 0.247 e. The third-order valence-electron chi connectivity index (χ3n) is 2.00. The van der Waals surface area contributed by atoms with Gasteiger partial charge in [-0.3, -0.25) is 4.79 Å². The molecule has 1 aromatic rings. The van der Waals surface area contributed by atoms with Crippen molar-refractivity contribution in [3.63, 3.8) is 0 Å². The third-order valence-corrected chi connectivity index (χ3v) is 3.86. The Hall–Kier alpha value is -1.14. The van der Waals surface area contributed by atoms with Gasteiger partial charge in [-0.15, -0.1) is 0 Å². The molecule has 5 nitrogen and oxygen atoms in total. The van der Waals surface area contributed by atoms with E-state index in [9.17, 15) is 13.2 Å². The number of nitrogens with one attached hydrogen (secondary N) is 1. The van der Waals surface area contributed by atoms with E-state index in [0.717, 1.165) is 6.42 Å². The van der Waals surface area contributed by atoms with E-state index in [1.807, 2.05) is 6.92 Å². The summed E-state index contributed by atoms with van der Waals surface area (Å²) in [4.78, 5) is 13.2. The molecule has 0 atom stereocenters. The number of H-pyrrole nitrogens is 1. The van der Waals surface area contributed by atoms with Crippen LogP contribution in [0, 0.1) is 0 Å². The Morgan fingerprint density at radius 1 is 1.40 bits per heavy atom. The molecule has 0 unspecified atom stereocenters. The molecule has 0 bridgehead atoms. The van der Waals surface area contributed by atoms with Crippen molar-refractivity contribution in [3.05, 3.63) is 28.7 Å². The number of aromatic amines is 1. The van der Waals surface area contributed by atoms with Crippen molar-refractivity contribution in [1.82, 2.24) is 9.29 Å². The summed E-state index contributed by atoms with van der Waals surface area (Å²) in [7, 11) is -1.94. The largest absolute Gasteiger partial charge is 0.328 e. The zero-order chi connectivity index (χ0) is 11.5. The Labute approximate surface area is 88.8 Å². The van der Waals surface area contributed by atoms with Gasteiger partial charge in [0.2, 0.25) is 15.6 Å². The van der Waals surface area contributed by atoms with Crippen LogP contribution < -0.4 is 5.56 Å². The predicted octanol–water partition coefficient (Wildman–Crippen LogP) is 0.405. The van der Waals surface area contributed by atoms with Crippen molar-refractivity contribution in [2.24, 2.45) is 0 Å². The second-order valence-corrected chi connectivity index (χ2v) is 5.26. The molecule has 1 aromatic heterocycles. The average Bonchev–Trinajstić information content (AvgIpc) is 2.18. The van der Waals surface area contributed by atoms with Gasteiger partial charge in [-0.2, -0.15) is 0 Å². The highest BCUT2D eigenvalue weighted by Gasteiger charge is 2.19. The number of pyridine rings is 1. The van der Waals surface area contributed by atoms with Gasteiger partial charge < -0.3 is 4.98 Å². The van der Waals surface area contributed by atoms with E-state index in [-0.39, 0.29) is 10.5 Å². The highest BCUT2D eigenvalue weighted by molar-refractivity contribution is 7.89. The Morgan fingerprint density at radius 3 is 2.53 bits per heavy atom. The summed E-state index contributed by atoms with van der Waals surface area (Å²) in [5.41, 5.74) is -0.313. The quantitative estimate of drug-likeness (QED) is 0.814. The normalized spacial score (nSPS) is 11.9. The number of sulfonamides is 1. The number of aromatic nitrogens is 1. The minimum atomic E-state index is -3.45. The summed E-state index contributed by atoms with van der Waals surface area (Å²) >= 11 is 0. The fraction of sp³-hybridized carbons (Fsp3) is 0.444. The fourth-order valence-electron chi connectivity index (χ4n) is 1.17. The van der Waals surface area contributed by atoms with Crippen LogP contribution in [-0.4, -0.2) is 31.3 Å². The maximum absolute atomic E-state index is 11.8. The lowest BCUT2D eigenvalue weighted by molar-refractivity contribution is 0.468. The van der Waals surface area contributed by atoms with Gasteiger partial charge in [0, 0.05) is 25.9 Å². The van der Waals surface area contributed by atoms with Gasteiger partial charge in [0.15, 0.2) is 0 Å². The summed E-state index contributed by atoms with van der Waals surface area (Å²) in [6, 6.07) is 2.51. The molecule has 0 amide bonds. The summed E-state index contributed by atoms with van der Waals surface area (Å²) in [6.45, 7) is 2.36. The van der Waals surface area contributed by atoms with Gasteiger partial charge in [-0.1, -0.05) is 6.92 Å². The number of hydrogen-bond donors (Lipinski definition) is 1. The molecule has 0 aliphatic carbocycles.